The van der Waals surface area contributed by atoms with E-state index in [1.807, 2.05) is 0 Å². The van der Waals surface area contributed by atoms with E-state index >= 15 is 0 Å². The number of halogens is 3. The predicted molar refractivity (Wildman–Crippen MR) is 42.7 cm³/mol. The summed E-state index contributed by atoms with van der Waals surface area (Å²) in [6.45, 7) is 0.239. The van der Waals surface area contributed by atoms with E-state index in [1.54, 1.807) is 6.07 Å². The van der Waals surface area contributed by atoms with Gasteiger partial charge in [0, 0.05) is 13.2 Å². The van der Waals surface area contributed by atoms with Crippen molar-refractivity contribution < 1.29 is 22.6 Å². The van der Waals surface area contributed by atoms with Gasteiger partial charge in [0.15, 0.2) is 0 Å². The fourth-order valence-electron chi connectivity index (χ4n) is 0.929. The molecule has 0 atom stereocenters. The van der Waals surface area contributed by atoms with E-state index < -0.39 is 6.36 Å². The second kappa shape index (κ2) is 4.32. The summed E-state index contributed by atoms with van der Waals surface area (Å²) in [5.41, 5.74) is 0.602. The average molecular weight is 205 g/mol. The maximum Gasteiger partial charge on any atom is 0.573 e. The second-order valence-electron chi connectivity index (χ2n) is 2.54. The maximum absolute atomic E-state index is 11.8. The Morgan fingerprint density at radius 2 is 2.14 bits per heavy atom. The van der Waals surface area contributed by atoms with Crippen LogP contribution in [0.4, 0.5) is 13.2 Å². The smallest absolute Gasteiger partial charge is 0.405 e. The van der Waals surface area contributed by atoms with Crippen LogP contribution in [-0.4, -0.2) is 13.5 Å². The molecule has 1 aromatic rings. The van der Waals surface area contributed by atoms with Crippen LogP contribution in [0.15, 0.2) is 18.2 Å². The average Bonchev–Trinajstić information content (AvgIpc) is 2.02. The first-order valence-corrected chi connectivity index (χ1v) is 3.76. The number of hydrogen-bond acceptors (Lipinski definition) is 2. The highest BCUT2D eigenvalue weighted by Crippen LogP contribution is 2.22. The number of benzene rings is 1. The Morgan fingerprint density at radius 1 is 1.43 bits per heavy atom. The Balaban J connectivity index is 2.73. The van der Waals surface area contributed by atoms with Gasteiger partial charge in [-0.25, -0.2) is 0 Å². The zero-order valence-corrected chi connectivity index (χ0v) is 7.39. The van der Waals surface area contributed by atoms with Gasteiger partial charge in [0.2, 0.25) is 0 Å². The molecule has 0 bridgehead atoms. The summed E-state index contributed by atoms with van der Waals surface area (Å²) >= 11 is 0. The van der Waals surface area contributed by atoms with Crippen molar-refractivity contribution in [2.24, 2.45) is 0 Å². The summed E-state index contributed by atoms with van der Waals surface area (Å²) in [5.74, 6) is -0.355. The summed E-state index contributed by atoms with van der Waals surface area (Å²) in [6.07, 6.45) is -4.68. The van der Waals surface area contributed by atoms with Crippen LogP contribution in [-0.2, 0) is 11.3 Å². The molecule has 77 valence electrons. The molecule has 0 spiro atoms. The minimum Gasteiger partial charge on any atom is -0.405 e. The molecule has 1 aromatic carbocycles. The van der Waals surface area contributed by atoms with Gasteiger partial charge in [0.1, 0.15) is 5.75 Å². The van der Waals surface area contributed by atoms with Crippen molar-refractivity contribution in [1.82, 2.24) is 0 Å². The summed E-state index contributed by atoms with van der Waals surface area (Å²) in [7, 11) is 1.46. The van der Waals surface area contributed by atoms with Crippen LogP contribution in [0, 0.1) is 6.07 Å². The van der Waals surface area contributed by atoms with Gasteiger partial charge in [-0.15, -0.1) is 13.2 Å². The Morgan fingerprint density at radius 3 is 2.71 bits per heavy atom. The highest BCUT2D eigenvalue weighted by molar-refractivity contribution is 5.26. The van der Waals surface area contributed by atoms with E-state index in [1.165, 1.54) is 19.2 Å². The van der Waals surface area contributed by atoms with Crippen LogP contribution in [0.25, 0.3) is 0 Å². The van der Waals surface area contributed by atoms with E-state index in [-0.39, 0.29) is 12.4 Å². The molecule has 0 aromatic heterocycles. The molecule has 1 rings (SSSR count). The zero-order chi connectivity index (χ0) is 10.6. The molecular formula is C9H8F3O2. The van der Waals surface area contributed by atoms with Crippen LogP contribution in [0.1, 0.15) is 5.56 Å². The minimum atomic E-state index is -4.68. The quantitative estimate of drug-likeness (QED) is 0.754. The molecule has 0 fully saturated rings. The first-order valence-electron chi connectivity index (χ1n) is 3.76. The van der Waals surface area contributed by atoms with Gasteiger partial charge in [0.05, 0.1) is 6.61 Å². The zero-order valence-electron chi connectivity index (χ0n) is 7.39. The molecule has 2 nitrogen and oxygen atoms in total. The third-order valence-electron chi connectivity index (χ3n) is 1.38. The molecule has 0 N–H and O–H groups in total. The van der Waals surface area contributed by atoms with Crippen LogP contribution >= 0.6 is 0 Å². The third kappa shape index (κ3) is 3.66. The van der Waals surface area contributed by atoms with Gasteiger partial charge in [-0.3, -0.25) is 0 Å². The normalized spacial score (nSPS) is 11.4. The molecule has 14 heavy (non-hydrogen) atoms. The van der Waals surface area contributed by atoms with Crippen molar-refractivity contribution in [3.63, 3.8) is 0 Å². The third-order valence-corrected chi connectivity index (χ3v) is 1.38. The van der Waals surface area contributed by atoms with Crippen LogP contribution in [0.3, 0.4) is 0 Å². The van der Waals surface area contributed by atoms with Crippen molar-refractivity contribution in [3.8, 4) is 5.75 Å². The topological polar surface area (TPSA) is 18.5 Å². The van der Waals surface area contributed by atoms with Crippen molar-refractivity contribution >= 4 is 0 Å². The number of hydrogen-bond donors (Lipinski definition) is 0. The number of methoxy groups -OCH3 is 1. The lowest BCUT2D eigenvalue weighted by atomic mass is 10.2. The first-order chi connectivity index (χ1) is 6.51. The number of rotatable bonds is 3. The molecule has 0 aliphatic rings. The number of alkyl halides is 3. The van der Waals surface area contributed by atoms with Crippen molar-refractivity contribution in [2.75, 3.05) is 7.11 Å². The molecule has 0 aliphatic carbocycles. The largest absolute Gasteiger partial charge is 0.573 e. The molecular weight excluding hydrogens is 197 g/mol. The lowest BCUT2D eigenvalue weighted by molar-refractivity contribution is -0.274. The van der Waals surface area contributed by atoms with Gasteiger partial charge in [0.25, 0.3) is 0 Å². The first kappa shape index (κ1) is 10.8. The van der Waals surface area contributed by atoms with Gasteiger partial charge in [-0.1, -0.05) is 12.1 Å². The molecule has 0 amide bonds. The summed E-state index contributed by atoms with van der Waals surface area (Å²) in [4.78, 5) is 0. The lowest BCUT2D eigenvalue weighted by Crippen LogP contribution is -2.17. The molecule has 0 unspecified atom stereocenters. The van der Waals surface area contributed by atoms with Crippen LogP contribution in [0.2, 0.25) is 0 Å². The van der Waals surface area contributed by atoms with E-state index in [9.17, 15) is 13.2 Å². The van der Waals surface area contributed by atoms with Gasteiger partial charge in [-0.05, 0) is 11.6 Å². The minimum absolute atomic E-state index is 0.239. The molecule has 0 saturated heterocycles. The van der Waals surface area contributed by atoms with Crippen molar-refractivity contribution in [3.05, 3.63) is 29.8 Å². The molecule has 5 heteroatoms. The Bertz CT molecular complexity index is 296. The van der Waals surface area contributed by atoms with Gasteiger partial charge >= 0.3 is 6.36 Å². The van der Waals surface area contributed by atoms with Crippen LogP contribution in [0.5, 0.6) is 5.75 Å². The Hall–Kier alpha value is -1.23. The molecule has 0 aliphatic heterocycles. The molecule has 1 radical (unpaired) electrons. The molecule has 0 heterocycles. The van der Waals surface area contributed by atoms with Gasteiger partial charge < -0.3 is 9.47 Å². The summed E-state index contributed by atoms with van der Waals surface area (Å²) in [5, 5.41) is 0. The van der Waals surface area contributed by atoms with E-state index in [0.29, 0.717) is 5.56 Å². The number of ether oxygens (including phenoxy) is 2. The van der Waals surface area contributed by atoms with Crippen molar-refractivity contribution in [2.45, 2.75) is 13.0 Å². The van der Waals surface area contributed by atoms with E-state index in [2.05, 4.69) is 10.8 Å². The van der Waals surface area contributed by atoms with Crippen LogP contribution < -0.4 is 4.74 Å². The Labute approximate surface area is 79.2 Å². The maximum atomic E-state index is 11.8. The SMILES string of the molecule is COCc1cc[c]c(OC(F)(F)F)c1. The van der Waals surface area contributed by atoms with Gasteiger partial charge in [-0.2, -0.15) is 0 Å². The molecule has 0 saturated carbocycles. The predicted octanol–water partition coefficient (Wildman–Crippen LogP) is 2.53. The second-order valence-corrected chi connectivity index (χ2v) is 2.54. The summed E-state index contributed by atoms with van der Waals surface area (Å²) < 4.78 is 43.8. The fraction of sp³-hybridized carbons (Fsp3) is 0.333. The highest BCUT2D eigenvalue weighted by Gasteiger charge is 2.31. The fourth-order valence-corrected chi connectivity index (χ4v) is 0.929. The van der Waals surface area contributed by atoms with E-state index in [0.717, 1.165) is 0 Å². The lowest BCUT2D eigenvalue weighted by Gasteiger charge is -2.09. The Kier molecular flexibility index (Phi) is 3.35. The van der Waals surface area contributed by atoms with E-state index in [4.69, 9.17) is 4.74 Å². The standard InChI is InChI=1S/C9H8F3O2/c1-13-6-7-3-2-4-8(5-7)14-9(10,11)12/h2-3,5H,6H2,1H3. The van der Waals surface area contributed by atoms with Crippen molar-refractivity contribution in [1.29, 1.82) is 0 Å². The monoisotopic (exact) mass is 205 g/mol. The summed E-state index contributed by atoms with van der Waals surface area (Å²) in [6, 6.07) is 6.52. The highest BCUT2D eigenvalue weighted by atomic mass is 19.4.